The number of para-hydroxylation sites is 1. The van der Waals surface area contributed by atoms with Crippen molar-refractivity contribution >= 4 is 17.0 Å². The number of nitrogens with zero attached hydrogens (tertiary/aromatic N) is 1. The Morgan fingerprint density at radius 2 is 2.09 bits per heavy atom. The van der Waals surface area contributed by atoms with Crippen LogP contribution in [0.2, 0.25) is 0 Å². The minimum Gasteiger partial charge on any atom is -0.496 e. The summed E-state index contributed by atoms with van der Waals surface area (Å²) in [5.41, 5.74) is 3.01. The number of oxazole rings is 1. The standard InChI is InChI=1S/C18H18N2O3/c1-12-20-15-8-7-14(11-17(15)23-12)18(21)19-10-9-13-5-3-4-6-16(13)22-2/h3-8,11H,9-10H2,1-2H3,(H,19,21). The lowest BCUT2D eigenvalue weighted by Gasteiger charge is -2.09. The summed E-state index contributed by atoms with van der Waals surface area (Å²) in [7, 11) is 1.64. The first-order valence-corrected chi connectivity index (χ1v) is 7.44. The normalized spacial score (nSPS) is 10.7. The molecule has 0 saturated heterocycles. The van der Waals surface area contributed by atoms with E-state index in [1.165, 1.54) is 0 Å². The van der Waals surface area contributed by atoms with E-state index in [-0.39, 0.29) is 5.91 Å². The Labute approximate surface area is 134 Å². The van der Waals surface area contributed by atoms with Gasteiger partial charge in [0.25, 0.3) is 5.91 Å². The van der Waals surface area contributed by atoms with Crippen LogP contribution in [0.3, 0.4) is 0 Å². The fourth-order valence-electron chi connectivity index (χ4n) is 2.50. The number of carbonyl (C=O) groups excluding carboxylic acids is 1. The van der Waals surface area contributed by atoms with E-state index in [1.807, 2.05) is 24.3 Å². The zero-order valence-corrected chi connectivity index (χ0v) is 13.1. The predicted octanol–water partition coefficient (Wildman–Crippen LogP) is 3.12. The van der Waals surface area contributed by atoms with Crippen molar-refractivity contribution in [3.63, 3.8) is 0 Å². The summed E-state index contributed by atoms with van der Waals surface area (Å²) in [4.78, 5) is 16.5. The molecular formula is C18H18N2O3. The Kier molecular flexibility index (Phi) is 4.28. The number of carbonyl (C=O) groups is 1. The number of hydrogen-bond donors (Lipinski definition) is 1. The quantitative estimate of drug-likeness (QED) is 0.786. The van der Waals surface area contributed by atoms with E-state index in [4.69, 9.17) is 9.15 Å². The number of amides is 1. The molecule has 0 aliphatic heterocycles. The van der Waals surface area contributed by atoms with Crippen LogP contribution in [0.25, 0.3) is 11.1 Å². The van der Waals surface area contributed by atoms with Crippen LogP contribution >= 0.6 is 0 Å². The molecule has 0 aliphatic carbocycles. The molecule has 0 spiro atoms. The second kappa shape index (κ2) is 6.52. The second-order valence-electron chi connectivity index (χ2n) is 5.23. The molecule has 3 rings (SSSR count). The van der Waals surface area contributed by atoms with Crippen LogP contribution in [0.1, 0.15) is 21.8 Å². The van der Waals surface area contributed by atoms with Crippen LogP contribution in [0.15, 0.2) is 46.9 Å². The lowest BCUT2D eigenvalue weighted by molar-refractivity contribution is 0.0954. The predicted molar refractivity (Wildman–Crippen MR) is 87.8 cm³/mol. The minimum atomic E-state index is -0.129. The van der Waals surface area contributed by atoms with Gasteiger partial charge in [0.05, 0.1) is 7.11 Å². The third-order valence-corrected chi connectivity index (χ3v) is 3.63. The molecule has 5 nitrogen and oxygen atoms in total. The molecule has 0 saturated carbocycles. The smallest absolute Gasteiger partial charge is 0.251 e. The Morgan fingerprint density at radius 3 is 2.91 bits per heavy atom. The summed E-state index contributed by atoms with van der Waals surface area (Å²) in [5.74, 6) is 1.30. The molecule has 3 aromatic rings. The van der Waals surface area contributed by atoms with Gasteiger partial charge in [-0.1, -0.05) is 18.2 Å². The zero-order valence-electron chi connectivity index (χ0n) is 13.1. The van der Waals surface area contributed by atoms with E-state index in [1.54, 1.807) is 32.2 Å². The number of rotatable bonds is 5. The van der Waals surface area contributed by atoms with Crippen molar-refractivity contribution in [2.45, 2.75) is 13.3 Å². The number of methoxy groups -OCH3 is 1. The Balaban J connectivity index is 1.64. The second-order valence-corrected chi connectivity index (χ2v) is 5.23. The highest BCUT2D eigenvalue weighted by molar-refractivity contribution is 5.97. The van der Waals surface area contributed by atoms with Gasteiger partial charge in [-0.25, -0.2) is 4.98 Å². The molecule has 0 unspecified atom stereocenters. The highest BCUT2D eigenvalue weighted by Gasteiger charge is 2.09. The third kappa shape index (κ3) is 3.34. The van der Waals surface area contributed by atoms with Crippen LogP contribution in [0.5, 0.6) is 5.75 Å². The van der Waals surface area contributed by atoms with Gasteiger partial charge in [-0.2, -0.15) is 0 Å². The van der Waals surface area contributed by atoms with E-state index >= 15 is 0 Å². The topological polar surface area (TPSA) is 64.4 Å². The molecule has 23 heavy (non-hydrogen) atoms. The van der Waals surface area contributed by atoms with Gasteiger partial charge in [0, 0.05) is 19.0 Å². The third-order valence-electron chi connectivity index (χ3n) is 3.63. The molecule has 0 bridgehead atoms. The van der Waals surface area contributed by atoms with Gasteiger partial charge in [-0.05, 0) is 36.2 Å². The molecule has 2 aromatic carbocycles. The highest BCUT2D eigenvalue weighted by atomic mass is 16.5. The molecule has 5 heteroatoms. The van der Waals surface area contributed by atoms with E-state index < -0.39 is 0 Å². The SMILES string of the molecule is COc1ccccc1CCNC(=O)c1ccc2nc(C)oc2c1. The van der Waals surface area contributed by atoms with Crippen LogP contribution in [-0.2, 0) is 6.42 Å². The molecule has 1 amide bonds. The largest absolute Gasteiger partial charge is 0.496 e. The minimum absolute atomic E-state index is 0.129. The molecule has 1 N–H and O–H groups in total. The molecule has 0 atom stereocenters. The summed E-state index contributed by atoms with van der Waals surface area (Å²) in [6.07, 6.45) is 0.708. The van der Waals surface area contributed by atoms with Gasteiger partial charge < -0.3 is 14.5 Å². The molecular weight excluding hydrogens is 292 g/mol. The van der Waals surface area contributed by atoms with Gasteiger partial charge in [-0.3, -0.25) is 4.79 Å². The number of fused-ring (bicyclic) bond motifs is 1. The Hall–Kier alpha value is -2.82. The van der Waals surface area contributed by atoms with Crippen molar-refractivity contribution in [1.82, 2.24) is 10.3 Å². The van der Waals surface area contributed by atoms with Crippen LogP contribution in [-0.4, -0.2) is 24.5 Å². The first kappa shape index (κ1) is 15.1. The maximum absolute atomic E-state index is 12.2. The van der Waals surface area contributed by atoms with Crippen molar-refractivity contribution in [2.75, 3.05) is 13.7 Å². The maximum Gasteiger partial charge on any atom is 0.251 e. The summed E-state index contributed by atoms with van der Waals surface area (Å²) in [6, 6.07) is 13.1. The molecule has 1 aromatic heterocycles. The first-order chi connectivity index (χ1) is 11.2. The summed E-state index contributed by atoms with van der Waals surface area (Å²) >= 11 is 0. The summed E-state index contributed by atoms with van der Waals surface area (Å²) in [5, 5.41) is 2.91. The van der Waals surface area contributed by atoms with Gasteiger partial charge in [0.15, 0.2) is 11.5 Å². The monoisotopic (exact) mass is 310 g/mol. The number of ether oxygens (including phenoxy) is 1. The maximum atomic E-state index is 12.2. The fraction of sp³-hybridized carbons (Fsp3) is 0.222. The van der Waals surface area contributed by atoms with Crippen molar-refractivity contribution in [3.8, 4) is 5.75 Å². The van der Waals surface area contributed by atoms with Crippen molar-refractivity contribution in [3.05, 3.63) is 59.5 Å². The van der Waals surface area contributed by atoms with Crippen LogP contribution in [0.4, 0.5) is 0 Å². The molecule has 1 heterocycles. The van der Waals surface area contributed by atoms with E-state index in [9.17, 15) is 4.79 Å². The van der Waals surface area contributed by atoms with Crippen molar-refractivity contribution < 1.29 is 13.9 Å². The first-order valence-electron chi connectivity index (χ1n) is 7.44. The lowest BCUT2D eigenvalue weighted by atomic mass is 10.1. The number of aromatic nitrogens is 1. The van der Waals surface area contributed by atoms with Gasteiger partial charge in [0.2, 0.25) is 0 Å². The average molecular weight is 310 g/mol. The van der Waals surface area contributed by atoms with E-state index in [0.717, 1.165) is 16.8 Å². The van der Waals surface area contributed by atoms with Gasteiger partial charge in [-0.15, -0.1) is 0 Å². The number of nitrogens with one attached hydrogen (secondary N) is 1. The van der Waals surface area contributed by atoms with E-state index in [2.05, 4.69) is 10.3 Å². The highest BCUT2D eigenvalue weighted by Crippen LogP contribution is 2.18. The molecule has 0 aliphatic rings. The number of aryl methyl sites for hydroxylation is 1. The molecule has 0 fully saturated rings. The summed E-state index contributed by atoms with van der Waals surface area (Å²) in [6.45, 7) is 2.32. The van der Waals surface area contributed by atoms with Gasteiger partial charge in [0.1, 0.15) is 11.3 Å². The Bertz CT molecular complexity index is 839. The average Bonchev–Trinajstić information content (AvgIpc) is 2.94. The lowest BCUT2D eigenvalue weighted by Crippen LogP contribution is -2.25. The zero-order chi connectivity index (χ0) is 16.2. The number of benzene rings is 2. The van der Waals surface area contributed by atoms with Crippen LogP contribution in [0, 0.1) is 6.92 Å². The molecule has 0 radical (unpaired) electrons. The van der Waals surface area contributed by atoms with Gasteiger partial charge >= 0.3 is 0 Å². The number of hydrogen-bond acceptors (Lipinski definition) is 4. The van der Waals surface area contributed by atoms with Crippen LogP contribution < -0.4 is 10.1 Å². The fourth-order valence-corrected chi connectivity index (χ4v) is 2.50. The van der Waals surface area contributed by atoms with E-state index in [0.29, 0.717) is 30.0 Å². The molecule has 118 valence electrons. The van der Waals surface area contributed by atoms with Crippen molar-refractivity contribution in [2.24, 2.45) is 0 Å². The Morgan fingerprint density at radius 1 is 1.26 bits per heavy atom. The van der Waals surface area contributed by atoms with Crippen molar-refractivity contribution in [1.29, 1.82) is 0 Å². The summed E-state index contributed by atoms with van der Waals surface area (Å²) < 4.78 is 10.8.